The van der Waals surface area contributed by atoms with E-state index in [4.69, 9.17) is 5.84 Å². The molecule has 1 aliphatic heterocycles. The third-order valence-corrected chi connectivity index (χ3v) is 4.82. The lowest BCUT2D eigenvalue weighted by Crippen LogP contribution is -2.49. The van der Waals surface area contributed by atoms with Crippen LogP contribution in [0.4, 0.5) is 5.69 Å². The second kappa shape index (κ2) is 5.83. The maximum Gasteiger partial charge on any atom is 0.256 e. The van der Waals surface area contributed by atoms with Crippen LogP contribution in [0.2, 0.25) is 0 Å². The van der Waals surface area contributed by atoms with E-state index in [1.165, 1.54) is 25.7 Å². The minimum Gasteiger partial charge on any atom is -0.335 e. The summed E-state index contributed by atoms with van der Waals surface area (Å²) in [7, 11) is 0. The number of benzene rings is 1. The standard InChI is InChI=1S/C16H23N3O/c17-18-14-9-3-2-8-13(14)16(20)19-11-5-7-12-6-1-4-10-15(12)19/h2-3,8-9,12,15,18H,1,4-7,10-11,17H2. The third-order valence-electron chi connectivity index (χ3n) is 4.82. The van der Waals surface area contributed by atoms with Gasteiger partial charge >= 0.3 is 0 Å². The van der Waals surface area contributed by atoms with Crippen molar-refractivity contribution in [2.45, 2.75) is 44.6 Å². The Kier molecular flexibility index (Phi) is 3.92. The molecule has 3 rings (SSSR count). The Hall–Kier alpha value is -1.55. The zero-order chi connectivity index (χ0) is 13.9. The van der Waals surface area contributed by atoms with Gasteiger partial charge in [0, 0.05) is 12.6 Å². The molecule has 3 N–H and O–H groups in total. The molecule has 1 aromatic carbocycles. The summed E-state index contributed by atoms with van der Waals surface area (Å²) in [5, 5.41) is 0. The molecule has 0 spiro atoms. The topological polar surface area (TPSA) is 58.4 Å². The van der Waals surface area contributed by atoms with Gasteiger partial charge in [-0.25, -0.2) is 0 Å². The van der Waals surface area contributed by atoms with Crippen molar-refractivity contribution >= 4 is 11.6 Å². The summed E-state index contributed by atoms with van der Waals surface area (Å²) in [6.45, 7) is 0.888. The molecule has 1 aliphatic carbocycles. The Bertz CT molecular complexity index is 486. The van der Waals surface area contributed by atoms with Crippen LogP contribution in [0, 0.1) is 5.92 Å². The molecule has 4 nitrogen and oxygen atoms in total. The maximum atomic E-state index is 12.9. The molecule has 2 aliphatic rings. The highest BCUT2D eigenvalue weighted by Crippen LogP contribution is 2.36. The van der Waals surface area contributed by atoms with E-state index in [-0.39, 0.29) is 5.91 Å². The van der Waals surface area contributed by atoms with Gasteiger partial charge in [-0.3, -0.25) is 10.6 Å². The lowest BCUT2D eigenvalue weighted by Gasteiger charge is -2.44. The minimum atomic E-state index is 0.134. The Balaban J connectivity index is 1.85. The average molecular weight is 273 g/mol. The largest absolute Gasteiger partial charge is 0.335 e. The van der Waals surface area contributed by atoms with Crippen LogP contribution in [0.1, 0.15) is 48.9 Å². The first-order chi connectivity index (χ1) is 9.81. The fourth-order valence-corrected chi connectivity index (χ4v) is 3.83. The van der Waals surface area contributed by atoms with Gasteiger partial charge in [-0.05, 0) is 43.7 Å². The van der Waals surface area contributed by atoms with Crippen LogP contribution in [0.25, 0.3) is 0 Å². The van der Waals surface area contributed by atoms with E-state index in [0.29, 0.717) is 17.5 Å². The van der Waals surface area contributed by atoms with Crippen molar-refractivity contribution in [1.82, 2.24) is 4.90 Å². The number of likely N-dealkylation sites (tertiary alicyclic amines) is 1. The normalized spacial score (nSPS) is 25.9. The number of nitrogens with one attached hydrogen (secondary N) is 1. The second-order valence-electron chi connectivity index (χ2n) is 5.94. The summed E-state index contributed by atoms with van der Waals surface area (Å²) in [5.74, 6) is 6.37. The van der Waals surface area contributed by atoms with Gasteiger partial charge in [0.1, 0.15) is 0 Å². The number of nitrogens with two attached hydrogens (primary N) is 1. The Morgan fingerprint density at radius 1 is 1.15 bits per heavy atom. The number of hydrazine groups is 1. The van der Waals surface area contributed by atoms with Gasteiger partial charge in [0.25, 0.3) is 5.91 Å². The van der Waals surface area contributed by atoms with Crippen molar-refractivity contribution in [3.8, 4) is 0 Å². The SMILES string of the molecule is NNc1ccccc1C(=O)N1CCCC2CCCCC21. The molecule has 1 aromatic rings. The van der Waals surface area contributed by atoms with Gasteiger partial charge in [0.05, 0.1) is 11.3 Å². The first kappa shape index (κ1) is 13.4. The van der Waals surface area contributed by atoms with Crippen LogP contribution in [-0.2, 0) is 0 Å². The van der Waals surface area contributed by atoms with Crippen LogP contribution in [0.5, 0.6) is 0 Å². The molecule has 0 radical (unpaired) electrons. The molecule has 1 heterocycles. The molecule has 2 atom stereocenters. The van der Waals surface area contributed by atoms with Crippen molar-refractivity contribution in [1.29, 1.82) is 0 Å². The Labute approximate surface area is 120 Å². The fraction of sp³-hybridized carbons (Fsp3) is 0.562. The number of fused-ring (bicyclic) bond motifs is 1. The molecule has 108 valence electrons. The Morgan fingerprint density at radius 2 is 1.90 bits per heavy atom. The van der Waals surface area contributed by atoms with Crippen LogP contribution < -0.4 is 11.3 Å². The zero-order valence-corrected chi connectivity index (χ0v) is 11.8. The van der Waals surface area contributed by atoms with Gasteiger partial charge in [-0.15, -0.1) is 0 Å². The van der Waals surface area contributed by atoms with Crippen molar-refractivity contribution in [2.75, 3.05) is 12.0 Å². The van der Waals surface area contributed by atoms with Crippen molar-refractivity contribution in [2.24, 2.45) is 11.8 Å². The summed E-state index contributed by atoms with van der Waals surface area (Å²) in [6.07, 6.45) is 7.43. The highest BCUT2D eigenvalue weighted by molar-refractivity contribution is 5.99. The predicted octanol–water partition coefficient (Wildman–Crippen LogP) is 2.77. The number of nitrogen functional groups attached to an aromatic ring is 1. The highest BCUT2D eigenvalue weighted by Gasteiger charge is 2.36. The highest BCUT2D eigenvalue weighted by atomic mass is 16.2. The lowest BCUT2D eigenvalue weighted by atomic mass is 9.78. The number of carbonyl (C=O) groups is 1. The quantitative estimate of drug-likeness (QED) is 0.643. The number of rotatable bonds is 2. The molecule has 1 amide bonds. The van der Waals surface area contributed by atoms with Gasteiger partial charge in [-0.2, -0.15) is 0 Å². The van der Waals surface area contributed by atoms with E-state index in [9.17, 15) is 4.79 Å². The molecule has 1 saturated carbocycles. The van der Waals surface area contributed by atoms with Gasteiger partial charge < -0.3 is 10.3 Å². The van der Waals surface area contributed by atoms with E-state index < -0.39 is 0 Å². The van der Waals surface area contributed by atoms with Crippen LogP contribution in [0.3, 0.4) is 0 Å². The summed E-state index contributed by atoms with van der Waals surface area (Å²) in [5.41, 5.74) is 4.05. The van der Waals surface area contributed by atoms with Crippen molar-refractivity contribution in [3.05, 3.63) is 29.8 Å². The number of carbonyl (C=O) groups excluding carboxylic acids is 1. The van der Waals surface area contributed by atoms with E-state index >= 15 is 0 Å². The molecule has 4 heteroatoms. The molecule has 1 saturated heterocycles. The van der Waals surface area contributed by atoms with Crippen molar-refractivity contribution < 1.29 is 4.79 Å². The van der Waals surface area contributed by atoms with E-state index in [1.54, 1.807) is 0 Å². The van der Waals surface area contributed by atoms with Crippen molar-refractivity contribution in [3.63, 3.8) is 0 Å². The molecule has 2 unspecified atom stereocenters. The monoisotopic (exact) mass is 273 g/mol. The second-order valence-corrected chi connectivity index (χ2v) is 5.94. The zero-order valence-electron chi connectivity index (χ0n) is 11.8. The molecule has 0 aromatic heterocycles. The van der Waals surface area contributed by atoms with Crippen LogP contribution in [0.15, 0.2) is 24.3 Å². The van der Waals surface area contributed by atoms with Crippen LogP contribution >= 0.6 is 0 Å². The lowest BCUT2D eigenvalue weighted by molar-refractivity contribution is 0.0391. The average Bonchev–Trinajstić information content (AvgIpc) is 2.53. The summed E-state index contributed by atoms with van der Waals surface area (Å²) < 4.78 is 0. The first-order valence-electron chi connectivity index (χ1n) is 7.68. The van der Waals surface area contributed by atoms with Gasteiger partial charge in [0.2, 0.25) is 0 Å². The molecule has 2 fully saturated rings. The maximum absolute atomic E-state index is 12.9. The van der Waals surface area contributed by atoms with Crippen LogP contribution in [-0.4, -0.2) is 23.4 Å². The molecular formula is C16H23N3O. The number of nitrogens with zero attached hydrogens (tertiary/aromatic N) is 1. The predicted molar refractivity (Wildman–Crippen MR) is 80.3 cm³/mol. The molecule has 0 bridgehead atoms. The summed E-state index contributed by atoms with van der Waals surface area (Å²) >= 11 is 0. The number of piperidine rings is 1. The number of para-hydroxylation sites is 1. The van der Waals surface area contributed by atoms with Gasteiger partial charge in [-0.1, -0.05) is 25.0 Å². The summed E-state index contributed by atoms with van der Waals surface area (Å²) in [4.78, 5) is 15.0. The number of hydrogen-bond donors (Lipinski definition) is 2. The van der Waals surface area contributed by atoms with E-state index in [2.05, 4.69) is 10.3 Å². The summed E-state index contributed by atoms with van der Waals surface area (Å²) in [6, 6.07) is 7.96. The van der Waals surface area contributed by atoms with Gasteiger partial charge in [0.15, 0.2) is 0 Å². The first-order valence-corrected chi connectivity index (χ1v) is 7.68. The number of anilines is 1. The smallest absolute Gasteiger partial charge is 0.256 e. The minimum absolute atomic E-state index is 0.134. The number of amides is 1. The van der Waals surface area contributed by atoms with E-state index in [0.717, 1.165) is 25.1 Å². The Morgan fingerprint density at radius 3 is 2.75 bits per heavy atom. The molecular weight excluding hydrogens is 250 g/mol. The molecule has 20 heavy (non-hydrogen) atoms. The fourth-order valence-electron chi connectivity index (χ4n) is 3.83. The number of hydrogen-bond acceptors (Lipinski definition) is 3. The third kappa shape index (κ3) is 2.40. The van der Waals surface area contributed by atoms with E-state index in [1.807, 2.05) is 24.3 Å².